The van der Waals surface area contributed by atoms with Crippen molar-refractivity contribution in [3.63, 3.8) is 0 Å². The molecule has 0 unspecified atom stereocenters. The molecule has 8 heteroatoms. The highest BCUT2D eigenvalue weighted by Gasteiger charge is 2.14. The number of para-hydroxylation sites is 1. The molecule has 2 aromatic carbocycles. The summed E-state index contributed by atoms with van der Waals surface area (Å²) >= 11 is 6.91. The average molecular weight is 508 g/mol. The molecule has 0 saturated carbocycles. The number of hydrogen-bond donors (Lipinski definition) is 1. The topological polar surface area (TPSA) is 73.1 Å². The van der Waals surface area contributed by atoms with Gasteiger partial charge >= 0.3 is 5.91 Å². The van der Waals surface area contributed by atoms with Gasteiger partial charge in [0.25, 0.3) is 0 Å². The van der Waals surface area contributed by atoms with Crippen LogP contribution in [0.3, 0.4) is 0 Å². The number of halogens is 2. The molecule has 1 heterocycles. The van der Waals surface area contributed by atoms with E-state index in [-0.39, 0.29) is 5.76 Å². The summed E-state index contributed by atoms with van der Waals surface area (Å²) < 4.78 is 17.9. The van der Waals surface area contributed by atoms with Crippen molar-refractivity contribution in [2.75, 3.05) is 13.7 Å². The monoisotopic (exact) mass is 506 g/mol. The van der Waals surface area contributed by atoms with E-state index in [9.17, 15) is 4.79 Å². The second kappa shape index (κ2) is 9.07. The maximum absolute atomic E-state index is 12.3. The van der Waals surface area contributed by atoms with E-state index < -0.39 is 5.91 Å². The highest BCUT2D eigenvalue weighted by molar-refractivity contribution is 9.11. The van der Waals surface area contributed by atoms with Crippen LogP contribution in [0.2, 0.25) is 0 Å². The molecule has 0 atom stereocenters. The van der Waals surface area contributed by atoms with E-state index in [1.807, 2.05) is 24.3 Å². The van der Waals surface area contributed by atoms with Gasteiger partial charge in [0.1, 0.15) is 12.4 Å². The second-order valence-corrected chi connectivity index (χ2v) is 7.31. The molecule has 0 bridgehead atoms. The Hall–Kier alpha value is -2.58. The summed E-state index contributed by atoms with van der Waals surface area (Å²) in [4.78, 5) is 12.3. The average Bonchev–Trinajstić information content (AvgIpc) is 3.12. The molecule has 6 nitrogen and oxygen atoms in total. The summed E-state index contributed by atoms with van der Waals surface area (Å²) in [7, 11) is 1.55. The normalized spacial score (nSPS) is 11.0. The van der Waals surface area contributed by atoms with Gasteiger partial charge in [0, 0.05) is 5.39 Å². The number of furan rings is 1. The van der Waals surface area contributed by atoms with Crippen LogP contribution in [0.1, 0.15) is 16.1 Å². The maximum Gasteiger partial charge on any atom is 0.307 e. The Bertz CT molecular complexity index is 1040. The molecule has 0 aliphatic heterocycles. The van der Waals surface area contributed by atoms with Crippen LogP contribution in [0.15, 0.2) is 67.5 Å². The predicted molar refractivity (Wildman–Crippen MR) is 115 cm³/mol. The molecular weight excluding hydrogens is 492 g/mol. The number of nitrogens with one attached hydrogen (secondary N) is 1. The molecule has 1 aromatic heterocycles. The molecule has 0 spiro atoms. The number of hydrogen-bond acceptors (Lipinski definition) is 5. The third-order valence-electron chi connectivity index (χ3n) is 3.70. The highest BCUT2D eigenvalue weighted by atomic mass is 79.9. The lowest BCUT2D eigenvalue weighted by molar-refractivity contribution is 0.0929. The summed E-state index contributed by atoms with van der Waals surface area (Å²) in [5.74, 6) is 0.913. The molecular formula is C20H16Br2N2O4. The first-order valence-electron chi connectivity index (χ1n) is 8.16. The maximum atomic E-state index is 12.3. The van der Waals surface area contributed by atoms with Crippen molar-refractivity contribution in [3.05, 3.63) is 69.3 Å². The first kappa shape index (κ1) is 20.2. The zero-order chi connectivity index (χ0) is 20.1. The first-order valence-corrected chi connectivity index (χ1v) is 9.74. The van der Waals surface area contributed by atoms with Crippen molar-refractivity contribution in [1.82, 2.24) is 5.43 Å². The van der Waals surface area contributed by atoms with Gasteiger partial charge < -0.3 is 13.9 Å². The number of amides is 1. The van der Waals surface area contributed by atoms with Crippen molar-refractivity contribution >= 4 is 55.0 Å². The smallest absolute Gasteiger partial charge is 0.307 e. The van der Waals surface area contributed by atoms with Crippen LogP contribution < -0.4 is 14.9 Å². The van der Waals surface area contributed by atoms with Gasteiger partial charge in [-0.25, -0.2) is 5.43 Å². The fourth-order valence-corrected chi connectivity index (χ4v) is 3.91. The van der Waals surface area contributed by atoms with Crippen molar-refractivity contribution in [1.29, 1.82) is 0 Å². The second-order valence-electron chi connectivity index (χ2n) is 5.60. The molecule has 3 aromatic rings. The van der Waals surface area contributed by atoms with E-state index in [4.69, 9.17) is 13.9 Å². The van der Waals surface area contributed by atoms with Gasteiger partial charge in [0.15, 0.2) is 17.1 Å². The van der Waals surface area contributed by atoms with E-state index in [0.717, 1.165) is 19.9 Å². The Morgan fingerprint density at radius 2 is 2.04 bits per heavy atom. The van der Waals surface area contributed by atoms with Crippen LogP contribution in [-0.4, -0.2) is 25.8 Å². The van der Waals surface area contributed by atoms with Gasteiger partial charge in [0.2, 0.25) is 0 Å². The third kappa shape index (κ3) is 4.45. The molecule has 0 aliphatic rings. The summed E-state index contributed by atoms with van der Waals surface area (Å²) in [5, 5.41) is 4.76. The lowest BCUT2D eigenvalue weighted by atomic mass is 10.2. The van der Waals surface area contributed by atoms with Crippen molar-refractivity contribution < 1.29 is 18.7 Å². The summed E-state index contributed by atoms with van der Waals surface area (Å²) in [6.45, 7) is 4.02. The summed E-state index contributed by atoms with van der Waals surface area (Å²) in [6, 6.07) is 10.7. The number of methoxy groups -OCH3 is 1. The van der Waals surface area contributed by atoms with E-state index in [0.29, 0.717) is 23.7 Å². The summed E-state index contributed by atoms with van der Waals surface area (Å²) in [6.07, 6.45) is 3.19. The van der Waals surface area contributed by atoms with Gasteiger partial charge in [-0.3, -0.25) is 4.79 Å². The number of carbonyl (C=O) groups is 1. The Kier molecular flexibility index (Phi) is 6.53. The van der Waals surface area contributed by atoms with Crippen molar-refractivity contribution in [2.45, 2.75) is 0 Å². The van der Waals surface area contributed by atoms with E-state index >= 15 is 0 Å². The van der Waals surface area contributed by atoms with Crippen LogP contribution >= 0.6 is 31.9 Å². The summed E-state index contributed by atoms with van der Waals surface area (Å²) in [5.41, 5.74) is 3.73. The minimum Gasteiger partial charge on any atom is -0.493 e. The minimum absolute atomic E-state index is 0.146. The molecule has 3 rings (SSSR count). The van der Waals surface area contributed by atoms with Crippen LogP contribution in [-0.2, 0) is 0 Å². The lowest BCUT2D eigenvalue weighted by Crippen LogP contribution is -2.16. The van der Waals surface area contributed by atoms with Crippen molar-refractivity contribution in [2.24, 2.45) is 5.10 Å². The first-order chi connectivity index (χ1) is 13.5. The Morgan fingerprint density at radius 3 is 2.71 bits per heavy atom. The standard InChI is InChI=1S/C20H16Br2N2O4/c1-3-7-27-19-14(21)8-12(9-15(19)22)11-23-24-20(25)17-10-13-5-4-6-16(26-2)18(13)28-17/h3-6,8-11H,1,7H2,2H3,(H,24,25)/b23-11-. The number of nitrogens with zero attached hydrogens (tertiary/aromatic N) is 1. The number of ether oxygens (including phenoxy) is 2. The lowest BCUT2D eigenvalue weighted by Gasteiger charge is -2.09. The number of fused-ring (bicyclic) bond motifs is 1. The van der Waals surface area contributed by atoms with Crippen LogP contribution in [0.25, 0.3) is 11.0 Å². The minimum atomic E-state index is -0.460. The fraction of sp³-hybridized carbons (Fsp3) is 0.100. The van der Waals surface area contributed by atoms with Crippen LogP contribution in [0, 0.1) is 0 Å². The van der Waals surface area contributed by atoms with Crippen molar-refractivity contribution in [3.8, 4) is 11.5 Å². The zero-order valence-corrected chi connectivity index (χ0v) is 18.0. The third-order valence-corrected chi connectivity index (χ3v) is 4.88. The number of carbonyl (C=O) groups excluding carboxylic acids is 1. The molecule has 28 heavy (non-hydrogen) atoms. The van der Waals surface area contributed by atoms with Crippen LogP contribution in [0.4, 0.5) is 0 Å². The largest absolute Gasteiger partial charge is 0.493 e. The zero-order valence-electron chi connectivity index (χ0n) is 14.9. The Balaban J connectivity index is 1.72. The molecule has 0 radical (unpaired) electrons. The molecule has 1 amide bonds. The highest BCUT2D eigenvalue weighted by Crippen LogP contribution is 2.34. The quantitative estimate of drug-likeness (QED) is 0.268. The molecule has 0 aliphatic carbocycles. The number of hydrazone groups is 1. The SMILES string of the molecule is C=CCOc1c(Br)cc(/C=N\NC(=O)c2cc3cccc(OC)c3o2)cc1Br. The number of benzene rings is 2. The van der Waals surface area contributed by atoms with E-state index in [1.165, 1.54) is 6.21 Å². The van der Waals surface area contributed by atoms with Gasteiger partial charge in [-0.1, -0.05) is 24.8 Å². The van der Waals surface area contributed by atoms with E-state index in [1.54, 1.807) is 25.3 Å². The molecule has 0 fully saturated rings. The Morgan fingerprint density at radius 1 is 1.29 bits per heavy atom. The van der Waals surface area contributed by atoms with Gasteiger partial charge in [-0.2, -0.15) is 5.10 Å². The predicted octanol–water partition coefficient (Wildman–Crippen LogP) is 5.30. The van der Waals surface area contributed by atoms with E-state index in [2.05, 4.69) is 49.0 Å². The van der Waals surface area contributed by atoms with Crippen LogP contribution in [0.5, 0.6) is 11.5 Å². The molecule has 144 valence electrons. The Labute approximate surface area is 178 Å². The van der Waals surface area contributed by atoms with Gasteiger partial charge in [0.05, 0.1) is 22.3 Å². The van der Waals surface area contributed by atoms with Gasteiger partial charge in [-0.15, -0.1) is 0 Å². The molecule has 1 N–H and O–H groups in total. The molecule has 0 saturated heterocycles. The van der Waals surface area contributed by atoms with Gasteiger partial charge in [-0.05, 0) is 61.7 Å². The number of rotatable bonds is 7. The fourth-order valence-electron chi connectivity index (χ4n) is 2.46.